The number of hydrogen-bond acceptors (Lipinski definition) is 4. The highest BCUT2D eigenvalue weighted by Crippen LogP contribution is 2.15. The van der Waals surface area contributed by atoms with Crippen molar-refractivity contribution in [3.8, 4) is 0 Å². The highest BCUT2D eigenvalue weighted by Gasteiger charge is 2.26. The highest BCUT2D eigenvalue weighted by atomic mass is 16.5. The number of rotatable bonds is 5. The molecule has 0 saturated carbocycles. The van der Waals surface area contributed by atoms with Gasteiger partial charge in [0.2, 0.25) is 5.91 Å². The van der Waals surface area contributed by atoms with Crippen molar-refractivity contribution in [3.05, 3.63) is 36.2 Å². The summed E-state index contributed by atoms with van der Waals surface area (Å²) < 4.78 is 5.25. The lowest BCUT2D eigenvalue weighted by Crippen LogP contribution is -2.45. The standard InChI is InChI=1S/C15H18N2O4/c18-14(5-4-12-3-1-2-8-16-12)17(11-15(19)20)13-6-9-21-10-7-13/h1-5,8,13H,6-7,9-11H2,(H,19,20). The summed E-state index contributed by atoms with van der Waals surface area (Å²) in [7, 11) is 0. The second-order valence-electron chi connectivity index (χ2n) is 4.79. The van der Waals surface area contributed by atoms with Crippen LogP contribution in [0, 0.1) is 0 Å². The third-order valence-electron chi connectivity index (χ3n) is 3.30. The zero-order valence-corrected chi connectivity index (χ0v) is 11.6. The molecule has 0 bridgehead atoms. The van der Waals surface area contributed by atoms with E-state index in [1.807, 2.05) is 6.07 Å². The molecule has 21 heavy (non-hydrogen) atoms. The monoisotopic (exact) mass is 290 g/mol. The Bertz CT molecular complexity index is 510. The first kappa shape index (κ1) is 15.2. The SMILES string of the molecule is O=C(O)CN(C(=O)C=Cc1ccccn1)C1CCOCC1. The fourth-order valence-electron chi connectivity index (χ4n) is 2.26. The van der Waals surface area contributed by atoms with E-state index in [0.29, 0.717) is 31.7 Å². The smallest absolute Gasteiger partial charge is 0.323 e. The van der Waals surface area contributed by atoms with Crippen LogP contribution in [0.3, 0.4) is 0 Å². The van der Waals surface area contributed by atoms with Crippen LogP contribution in [0.25, 0.3) is 6.08 Å². The summed E-state index contributed by atoms with van der Waals surface area (Å²) in [6.07, 6.45) is 5.93. The fraction of sp³-hybridized carbons (Fsp3) is 0.400. The lowest BCUT2D eigenvalue weighted by atomic mass is 10.1. The molecule has 0 radical (unpaired) electrons. The number of ether oxygens (including phenoxy) is 1. The van der Waals surface area contributed by atoms with Crippen molar-refractivity contribution in [1.29, 1.82) is 0 Å². The lowest BCUT2D eigenvalue weighted by Gasteiger charge is -2.32. The van der Waals surface area contributed by atoms with Crippen molar-refractivity contribution in [3.63, 3.8) is 0 Å². The Labute approximate surface area is 123 Å². The van der Waals surface area contributed by atoms with Crippen molar-refractivity contribution in [2.75, 3.05) is 19.8 Å². The topological polar surface area (TPSA) is 79.7 Å². The number of amides is 1. The van der Waals surface area contributed by atoms with E-state index >= 15 is 0 Å². The number of hydrogen-bond donors (Lipinski definition) is 1. The highest BCUT2D eigenvalue weighted by molar-refractivity contribution is 5.93. The van der Waals surface area contributed by atoms with Crippen LogP contribution in [0.5, 0.6) is 0 Å². The Kier molecular flexibility index (Phi) is 5.45. The van der Waals surface area contributed by atoms with Crippen LogP contribution in [-0.2, 0) is 14.3 Å². The van der Waals surface area contributed by atoms with Crippen LogP contribution in [0.15, 0.2) is 30.5 Å². The molecule has 0 atom stereocenters. The normalized spacial score (nSPS) is 16.0. The van der Waals surface area contributed by atoms with Gasteiger partial charge in [-0.05, 0) is 31.1 Å². The minimum atomic E-state index is -1.01. The molecule has 2 rings (SSSR count). The van der Waals surface area contributed by atoms with Gasteiger partial charge in [0.25, 0.3) is 0 Å². The van der Waals surface area contributed by atoms with Gasteiger partial charge in [-0.2, -0.15) is 0 Å². The molecule has 6 nitrogen and oxygen atoms in total. The van der Waals surface area contributed by atoms with Crippen molar-refractivity contribution < 1.29 is 19.4 Å². The Balaban J connectivity index is 2.06. The van der Waals surface area contributed by atoms with Crippen LogP contribution in [0.1, 0.15) is 18.5 Å². The van der Waals surface area contributed by atoms with Crippen LogP contribution in [0.4, 0.5) is 0 Å². The van der Waals surface area contributed by atoms with Gasteiger partial charge in [0.1, 0.15) is 6.54 Å². The van der Waals surface area contributed by atoms with E-state index in [-0.39, 0.29) is 18.5 Å². The summed E-state index contributed by atoms with van der Waals surface area (Å²) in [6, 6.07) is 5.30. The molecule has 1 amide bonds. The molecule has 0 spiro atoms. The zero-order valence-electron chi connectivity index (χ0n) is 11.6. The molecule has 2 heterocycles. The molecule has 1 fully saturated rings. The van der Waals surface area contributed by atoms with Crippen LogP contribution < -0.4 is 0 Å². The Morgan fingerprint density at radius 3 is 2.76 bits per heavy atom. The van der Waals surface area contributed by atoms with Gasteiger partial charge in [0.15, 0.2) is 0 Å². The first-order chi connectivity index (χ1) is 10.2. The van der Waals surface area contributed by atoms with Crippen LogP contribution in [0.2, 0.25) is 0 Å². The fourth-order valence-corrected chi connectivity index (χ4v) is 2.26. The van der Waals surface area contributed by atoms with E-state index in [1.54, 1.807) is 24.4 Å². The third-order valence-corrected chi connectivity index (χ3v) is 3.30. The number of pyridine rings is 1. The lowest BCUT2D eigenvalue weighted by molar-refractivity contribution is -0.145. The van der Waals surface area contributed by atoms with Crippen molar-refractivity contribution in [2.45, 2.75) is 18.9 Å². The van der Waals surface area contributed by atoms with E-state index in [0.717, 1.165) is 0 Å². The van der Waals surface area contributed by atoms with Gasteiger partial charge in [-0.15, -0.1) is 0 Å². The van der Waals surface area contributed by atoms with E-state index in [1.165, 1.54) is 11.0 Å². The number of carboxylic acid groups (broad SMARTS) is 1. The minimum Gasteiger partial charge on any atom is -0.480 e. The quantitative estimate of drug-likeness (QED) is 0.824. The molecule has 0 aliphatic carbocycles. The second kappa shape index (κ2) is 7.54. The molecular formula is C15H18N2O4. The first-order valence-electron chi connectivity index (χ1n) is 6.86. The summed E-state index contributed by atoms with van der Waals surface area (Å²) in [5.41, 5.74) is 0.660. The zero-order chi connectivity index (χ0) is 15.1. The molecule has 1 N–H and O–H groups in total. The maximum atomic E-state index is 12.3. The van der Waals surface area contributed by atoms with E-state index in [4.69, 9.17) is 9.84 Å². The van der Waals surface area contributed by atoms with Crippen molar-refractivity contribution in [1.82, 2.24) is 9.88 Å². The van der Waals surface area contributed by atoms with E-state index < -0.39 is 5.97 Å². The van der Waals surface area contributed by atoms with Crippen LogP contribution in [-0.4, -0.2) is 52.7 Å². The van der Waals surface area contributed by atoms with Gasteiger partial charge < -0.3 is 14.7 Å². The molecule has 112 valence electrons. The summed E-state index contributed by atoms with van der Waals surface area (Å²) in [5.74, 6) is -1.32. The summed E-state index contributed by atoms with van der Waals surface area (Å²) in [5, 5.41) is 8.99. The number of carbonyl (C=O) groups excluding carboxylic acids is 1. The van der Waals surface area contributed by atoms with Crippen molar-refractivity contribution in [2.24, 2.45) is 0 Å². The first-order valence-corrected chi connectivity index (χ1v) is 6.86. The average molecular weight is 290 g/mol. The van der Waals surface area contributed by atoms with Gasteiger partial charge in [-0.3, -0.25) is 14.6 Å². The van der Waals surface area contributed by atoms with Crippen LogP contribution >= 0.6 is 0 Å². The summed E-state index contributed by atoms with van der Waals surface area (Å²) >= 11 is 0. The molecule has 1 aliphatic rings. The third kappa shape index (κ3) is 4.68. The average Bonchev–Trinajstić information content (AvgIpc) is 2.52. The predicted molar refractivity (Wildman–Crippen MR) is 76.5 cm³/mol. The van der Waals surface area contributed by atoms with Gasteiger partial charge >= 0.3 is 5.97 Å². The molecule has 0 unspecified atom stereocenters. The summed E-state index contributed by atoms with van der Waals surface area (Å²) in [4.78, 5) is 28.7. The molecular weight excluding hydrogens is 272 g/mol. The molecule has 1 saturated heterocycles. The van der Waals surface area contributed by atoms with Gasteiger partial charge in [0.05, 0.1) is 5.69 Å². The van der Waals surface area contributed by atoms with Gasteiger partial charge in [0, 0.05) is 31.5 Å². The van der Waals surface area contributed by atoms with Gasteiger partial charge in [-0.25, -0.2) is 0 Å². The maximum absolute atomic E-state index is 12.3. The Morgan fingerprint density at radius 1 is 1.38 bits per heavy atom. The number of aliphatic carboxylic acids is 1. The molecule has 1 aromatic rings. The number of nitrogens with zero attached hydrogens (tertiary/aromatic N) is 2. The van der Waals surface area contributed by atoms with E-state index in [2.05, 4.69) is 4.98 Å². The van der Waals surface area contributed by atoms with E-state index in [9.17, 15) is 9.59 Å². The van der Waals surface area contributed by atoms with Gasteiger partial charge in [-0.1, -0.05) is 6.07 Å². The Morgan fingerprint density at radius 2 is 2.14 bits per heavy atom. The van der Waals surface area contributed by atoms with Crippen molar-refractivity contribution >= 4 is 18.0 Å². The number of carbonyl (C=O) groups is 2. The number of carboxylic acids is 1. The second-order valence-corrected chi connectivity index (χ2v) is 4.79. The molecule has 0 aromatic carbocycles. The Hall–Kier alpha value is -2.21. The molecule has 1 aliphatic heterocycles. The molecule has 6 heteroatoms. The largest absolute Gasteiger partial charge is 0.480 e. The number of aromatic nitrogens is 1. The molecule has 1 aromatic heterocycles. The summed E-state index contributed by atoms with van der Waals surface area (Å²) in [6.45, 7) is 0.812. The predicted octanol–water partition coefficient (Wildman–Crippen LogP) is 1.19. The minimum absolute atomic E-state index is 0.0873. The maximum Gasteiger partial charge on any atom is 0.323 e.